The van der Waals surface area contributed by atoms with Crippen molar-refractivity contribution in [3.63, 3.8) is 0 Å². The number of ether oxygens (including phenoxy) is 1. The number of hydrogen-bond acceptors (Lipinski definition) is 3. The fraction of sp³-hybridized carbons (Fsp3) is 0.417. The fourth-order valence-electron chi connectivity index (χ4n) is 4.28. The van der Waals surface area contributed by atoms with Crippen molar-refractivity contribution in [2.75, 3.05) is 11.9 Å². The Morgan fingerprint density at radius 1 is 0.966 bits per heavy atom. The molecule has 2 aromatic carbocycles. The lowest BCUT2D eigenvalue weighted by Crippen LogP contribution is -2.43. The largest absolute Gasteiger partial charge is 0.490 e. The van der Waals surface area contributed by atoms with Gasteiger partial charge in [0.25, 0.3) is 0 Å². The highest BCUT2D eigenvalue weighted by Crippen LogP contribution is 2.26. The Hall–Kier alpha value is -2.82. The number of nitrogens with zero attached hydrogens (tertiary/aromatic N) is 1. The zero-order chi connectivity index (χ0) is 20.1. The predicted octanol–water partition coefficient (Wildman–Crippen LogP) is 4.18. The van der Waals surface area contributed by atoms with Crippen LogP contribution in [-0.4, -0.2) is 35.4 Å². The van der Waals surface area contributed by atoms with Gasteiger partial charge in [0.05, 0.1) is 12.5 Å². The molecule has 1 unspecified atom stereocenters. The zero-order valence-corrected chi connectivity index (χ0v) is 16.7. The minimum atomic E-state index is -0.411. The summed E-state index contributed by atoms with van der Waals surface area (Å²) in [6, 6.07) is 16.8. The lowest BCUT2D eigenvalue weighted by Gasteiger charge is -2.24. The monoisotopic (exact) mass is 392 g/mol. The Kier molecular flexibility index (Phi) is 6.13. The van der Waals surface area contributed by atoms with Gasteiger partial charge in [0.1, 0.15) is 11.8 Å². The highest BCUT2D eigenvalue weighted by Gasteiger charge is 2.34. The molecule has 4 rings (SSSR count). The minimum Gasteiger partial charge on any atom is -0.490 e. The topological polar surface area (TPSA) is 58.6 Å². The molecular formula is C24H28N2O3. The van der Waals surface area contributed by atoms with Crippen molar-refractivity contribution in [3.05, 3.63) is 60.2 Å². The van der Waals surface area contributed by atoms with E-state index in [1.807, 2.05) is 54.6 Å². The van der Waals surface area contributed by atoms with Gasteiger partial charge in [0.2, 0.25) is 11.8 Å². The van der Waals surface area contributed by atoms with E-state index >= 15 is 0 Å². The Labute approximate surface area is 172 Å². The number of rotatable bonds is 6. The molecule has 0 radical (unpaired) electrons. The van der Waals surface area contributed by atoms with Gasteiger partial charge in [0.15, 0.2) is 0 Å². The second-order valence-electron chi connectivity index (χ2n) is 7.95. The molecule has 1 atom stereocenters. The number of anilines is 1. The Bertz CT molecular complexity index is 846. The summed E-state index contributed by atoms with van der Waals surface area (Å²) >= 11 is 0. The standard InChI is InChI=1S/C24H28N2O3/c27-23(16-18-8-2-1-3-9-18)26-15-7-14-22(26)24(28)25-19-10-6-13-21(17-19)29-20-11-4-5-12-20/h1-3,6,8-10,13,17,20,22H,4-5,7,11-12,14-16H2,(H,25,28). The van der Waals surface area contributed by atoms with Crippen LogP contribution in [0.1, 0.15) is 44.1 Å². The molecule has 0 spiro atoms. The van der Waals surface area contributed by atoms with Crippen molar-refractivity contribution >= 4 is 17.5 Å². The summed E-state index contributed by atoms with van der Waals surface area (Å²) in [4.78, 5) is 27.4. The third-order valence-corrected chi connectivity index (χ3v) is 5.78. The molecule has 1 aliphatic heterocycles. The molecule has 2 amide bonds. The first-order chi connectivity index (χ1) is 14.2. The van der Waals surface area contributed by atoms with Crippen LogP contribution in [0.25, 0.3) is 0 Å². The van der Waals surface area contributed by atoms with Gasteiger partial charge >= 0.3 is 0 Å². The van der Waals surface area contributed by atoms with Crippen LogP contribution in [0.5, 0.6) is 5.75 Å². The van der Waals surface area contributed by atoms with Gasteiger partial charge in [0, 0.05) is 18.3 Å². The van der Waals surface area contributed by atoms with E-state index < -0.39 is 6.04 Å². The molecule has 1 saturated heterocycles. The Morgan fingerprint density at radius 2 is 1.76 bits per heavy atom. The van der Waals surface area contributed by atoms with Crippen LogP contribution >= 0.6 is 0 Å². The Balaban J connectivity index is 1.37. The molecule has 152 valence electrons. The average molecular weight is 392 g/mol. The molecule has 2 aliphatic rings. The lowest BCUT2D eigenvalue weighted by atomic mass is 10.1. The van der Waals surface area contributed by atoms with Crippen LogP contribution in [0, 0.1) is 0 Å². The molecule has 29 heavy (non-hydrogen) atoms. The van der Waals surface area contributed by atoms with Crippen molar-refractivity contribution in [3.8, 4) is 5.75 Å². The maximum absolute atomic E-state index is 12.9. The lowest BCUT2D eigenvalue weighted by molar-refractivity contribution is -0.136. The van der Waals surface area contributed by atoms with Gasteiger partial charge in [-0.05, 0) is 56.2 Å². The van der Waals surface area contributed by atoms with Crippen LogP contribution in [0.15, 0.2) is 54.6 Å². The summed E-state index contributed by atoms with van der Waals surface area (Å²) in [6.45, 7) is 0.634. The Morgan fingerprint density at radius 3 is 2.55 bits per heavy atom. The summed E-state index contributed by atoms with van der Waals surface area (Å²) in [5.74, 6) is 0.673. The summed E-state index contributed by atoms with van der Waals surface area (Å²) in [6.07, 6.45) is 6.78. The second kappa shape index (κ2) is 9.12. The molecule has 2 aromatic rings. The number of hydrogen-bond donors (Lipinski definition) is 1. The molecule has 1 saturated carbocycles. The summed E-state index contributed by atoms with van der Waals surface area (Å²) in [5, 5.41) is 2.99. The highest BCUT2D eigenvalue weighted by molar-refractivity contribution is 5.97. The molecule has 0 bridgehead atoms. The van der Waals surface area contributed by atoms with Gasteiger partial charge in [-0.1, -0.05) is 36.4 Å². The maximum Gasteiger partial charge on any atom is 0.247 e. The molecule has 5 nitrogen and oxygen atoms in total. The molecule has 1 heterocycles. The van der Waals surface area contributed by atoms with Crippen molar-refractivity contribution in [1.29, 1.82) is 0 Å². The quantitative estimate of drug-likeness (QED) is 0.802. The van der Waals surface area contributed by atoms with E-state index in [1.165, 1.54) is 12.8 Å². The zero-order valence-electron chi connectivity index (χ0n) is 16.7. The predicted molar refractivity (Wildman–Crippen MR) is 113 cm³/mol. The number of nitrogens with one attached hydrogen (secondary N) is 1. The van der Waals surface area contributed by atoms with Crippen LogP contribution < -0.4 is 10.1 Å². The highest BCUT2D eigenvalue weighted by atomic mass is 16.5. The number of carbonyl (C=O) groups excluding carboxylic acids is 2. The summed E-state index contributed by atoms with van der Waals surface area (Å²) in [5.41, 5.74) is 1.69. The van der Waals surface area contributed by atoms with Gasteiger partial charge in [-0.3, -0.25) is 9.59 Å². The molecule has 5 heteroatoms. The molecular weight excluding hydrogens is 364 g/mol. The first-order valence-electron chi connectivity index (χ1n) is 10.6. The minimum absolute atomic E-state index is 0.00664. The van der Waals surface area contributed by atoms with E-state index in [0.717, 1.165) is 30.6 Å². The van der Waals surface area contributed by atoms with Gasteiger partial charge in [-0.2, -0.15) is 0 Å². The van der Waals surface area contributed by atoms with Crippen molar-refractivity contribution in [2.24, 2.45) is 0 Å². The normalized spacial score (nSPS) is 19.3. The molecule has 1 N–H and O–H groups in total. The number of benzene rings is 2. The third kappa shape index (κ3) is 4.97. The molecule has 0 aromatic heterocycles. The maximum atomic E-state index is 12.9. The summed E-state index contributed by atoms with van der Waals surface area (Å²) in [7, 11) is 0. The van der Waals surface area contributed by atoms with Crippen LogP contribution in [0.2, 0.25) is 0 Å². The summed E-state index contributed by atoms with van der Waals surface area (Å²) < 4.78 is 6.03. The van der Waals surface area contributed by atoms with Crippen LogP contribution in [-0.2, 0) is 16.0 Å². The number of amides is 2. The number of likely N-dealkylation sites (tertiary alicyclic amines) is 1. The van der Waals surface area contributed by atoms with E-state index in [1.54, 1.807) is 4.90 Å². The van der Waals surface area contributed by atoms with Crippen molar-refractivity contribution < 1.29 is 14.3 Å². The van der Waals surface area contributed by atoms with E-state index in [2.05, 4.69) is 5.32 Å². The van der Waals surface area contributed by atoms with E-state index in [0.29, 0.717) is 25.1 Å². The molecule has 2 fully saturated rings. The van der Waals surface area contributed by atoms with Gasteiger partial charge in [-0.25, -0.2) is 0 Å². The smallest absolute Gasteiger partial charge is 0.247 e. The van der Waals surface area contributed by atoms with Gasteiger partial charge < -0.3 is 15.0 Å². The first kappa shape index (κ1) is 19.5. The van der Waals surface area contributed by atoms with Crippen molar-refractivity contribution in [2.45, 2.75) is 57.1 Å². The van der Waals surface area contributed by atoms with Crippen LogP contribution in [0.4, 0.5) is 5.69 Å². The fourth-order valence-corrected chi connectivity index (χ4v) is 4.28. The van der Waals surface area contributed by atoms with E-state index in [9.17, 15) is 9.59 Å². The van der Waals surface area contributed by atoms with Gasteiger partial charge in [-0.15, -0.1) is 0 Å². The van der Waals surface area contributed by atoms with Crippen molar-refractivity contribution in [1.82, 2.24) is 4.90 Å². The SMILES string of the molecule is O=C(Nc1cccc(OC2CCCC2)c1)C1CCCN1C(=O)Cc1ccccc1. The second-order valence-corrected chi connectivity index (χ2v) is 7.95. The van der Waals surface area contributed by atoms with Crippen LogP contribution in [0.3, 0.4) is 0 Å². The molecule has 1 aliphatic carbocycles. The van der Waals surface area contributed by atoms with E-state index in [4.69, 9.17) is 4.74 Å². The average Bonchev–Trinajstić information content (AvgIpc) is 3.41. The number of carbonyl (C=O) groups is 2. The third-order valence-electron chi connectivity index (χ3n) is 5.78. The first-order valence-corrected chi connectivity index (χ1v) is 10.6. The van der Waals surface area contributed by atoms with E-state index in [-0.39, 0.29) is 17.9 Å².